The molecule has 6 nitrogen and oxygen atoms in total. The fraction of sp³-hybridized carbons (Fsp3) is 0.750. The van der Waals surface area contributed by atoms with E-state index in [0.29, 0.717) is 12.3 Å². The summed E-state index contributed by atoms with van der Waals surface area (Å²) < 4.78 is 0. The van der Waals surface area contributed by atoms with Gasteiger partial charge in [-0.3, -0.25) is 19.2 Å². The Morgan fingerprint density at radius 3 is 1.86 bits per heavy atom. The Kier molecular flexibility index (Phi) is 10.1. The monoisotopic (exact) mass is 312 g/mol. The van der Waals surface area contributed by atoms with Crippen LogP contribution in [0.1, 0.15) is 53.4 Å². The summed E-state index contributed by atoms with van der Waals surface area (Å²) in [6.45, 7) is 7.54. The summed E-state index contributed by atoms with van der Waals surface area (Å²) in [5.74, 6) is -0.385. The zero-order chi connectivity index (χ0) is 17.1. The van der Waals surface area contributed by atoms with Crippen molar-refractivity contribution in [3.8, 4) is 0 Å². The van der Waals surface area contributed by atoms with Crippen LogP contribution in [0.15, 0.2) is 0 Å². The maximum Gasteiger partial charge on any atom is 0.220 e. The Balaban J connectivity index is 3.78. The molecule has 0 heterocycles. The Bertz CT molecular complexity index is 403. The van der Waals surface area contributed by atoms with Crippen LogP contribution in [0.25, 0.3) is 0 Å². The molecule has 0 bridgehead atoms. The first-order chi connectivity index (χ1) is 10.2. The predicted octanol–water partition coefficient (Wildman–Crippen LogP) is 1.23. The minimum absolute atomic E-state index is 0.00334. The van der Waals surface area contributed by atoms with Crippen LogP contribution in [0, 0.1) is 11.8 Å². The minimum Gasteiger partial charge on any atom is -0.349 e. The zero-order valence-electron chi connectivity index (χ0n) is 14.0. The minimum atomic E-state index is -0.325. The van der Waals surface area contributed by atoms with E-state index in [1.54, 1.807) is 13.8 Å². The van der Waals surface area contributed by atoms with Gasteiger partial charge in [-0.15, -0.1) is 0 Å². The molecule has 0 aliphatic carbocycles. The number of rotatable bonds is 11. The summed E-state index contributed by atoms with van der Waals surface area (Å²) in [4.78, 5) is 45.9. The van der Waals surface area contributed by atoms with E-state index in [4.69, 9.17) is 0 Å². The van der Waals surface area contributed by atoms with Crippen LogP contribution < -0.4 is 10.6 Å². The van der Waals surface area contributed by atoms with Crippen LogP contribution in [0.4, 0.5) is 0 Å². The van der Waals surface area contributed by atoms with E-state index >= 15 is 0 Å². The largest absolute Gasteiger partial charge is 0.349 e. The second-order valence-electron chi connectivity index (χ2n) is 6.15. The molecule has 126 valence electrons. The van der Waals surface area contributed by atoms with Crippen LogP contribution in [0.5, 0.6) is 0 Å². The SMILES string of the molecule is CC(C)CCC(=O)NCC(=O)CCC(=O)NCC(=O)C(C)C. The van der Waals surface area contributed by atoms with Gasteiger partial charge < -0.3 is 10.6 Å². The summed E-state index contributed by atoms with van der Waals surface area (Å²) >= 11 is 0. The maximum absolute atomic E-state index is 11.6. The highest BCUT2D eigenvalue weighted by atomic mass is 16.2. The summed E-state index contributed by atoms with van der Waals surface area (Å²) in [5, 5.41) is 5.04. The number of hydrogen-bond acceptors (Lipinski definition) is 4. The molecule has 0 saturated carbocycles. The Morgan fingerprint density at radius 2 is 1.32 bits per heavy atom. The van der Waals surface area contributed by atoms with Crippen LogP contribution in [-0.2, 0) is 19.2 Å². The van der Waals surface area contributed by atoms with Gasteiger partial charge in [-0.2, -0.15) is 0 Å². The highest BCUT2D eigenvalue weighted by Gasteiger charge is 2.11. The molecule has 0 unspecified atom stereocenters. The van der Waals surface area contributed by atoms with E-state index in [2.05, 4.69) is 10.6 Å². The van der Waals surface area contributed by atoms with E-state index in [1.807, 2.05) is 13.8 Å². The molecule has 0 aromatic rings. The molecule has 0 spiro atoms. The van der Waals surface area contributed by atoms with E-state index in [-0.39, 0.29) is 55.2 Å². The number of carbonyl (C=O) groups excluding carboxylic acids is 4. The third kappa shape index (κ3) is 11.0. The number of ketones is 2. The molecule has 2 N–H and O–H groups in total. The molecule has 0 fully saturated rings. The van der Waals surface area contributed by atoms with Gasteiger partial charge in [-0.05, 0) is 12.3 Å². The molecule has 0 atom stereocenters. The predicted molar refractivity (Wildman–Crippen MR) is 84.2 cm³/mol. The lowest BCUT2D eigenvalue weighted by Crippen LogP contribution is -2.33. The molecule has 0 radical (unpaired) electrons. The van der Waals surface area contributed by atoms with E-state index in [1.165, 1.54) is 0 Å². The van der Waals surface area contributed by atoms with Gasteiger partial charge in [0.15, 0.2) is 11.6 Å². The summed E-state index contributed by atoms with van der Waals surface area (Å²) in [6.07, 6.45) is 1.29. The van der Waals surface area contributed by atoms with E-state index in [0.717, 1.165) is 6.42 Å². The summed E-state index contributed by atoms with van der Waals surface area (Å²) in [6, 6.07) is 0. The number of carbonyl (C=O) groups is 4. The van der Waals surface area contributed by atoms with Crippen molar-refractivity contribution in [2.75, 3.05) is 13.1 Å². The van der Waals surface area contributed by atoms with Crippen molar-refractivity contribution in [3.63, 3.8) is 0 Å². The smallest absolute Gasteiger partial charge is 0.220 e. The first-order valence-electron chi connectivity index (χ1n) is 7.80. The first kappa shape index (κ1) is 20.3. The molecule has 0 aliphatic heterocycles. The molecule has 0 rings (SSSR count). The van der Waals surface area contributed by atoms with Crippen LogP contribution >= 0.6 is 0 Å². The molecule has 0 aliphatic rings. The molecular weight excluding hydrogens is 284 g/mol. The fourth-order valence-electron chi connectivity index (χ4n) is 1.52. The average molecular weight is 312 g/mol. The lowest BCUT2D eigenvalue weighted by Gasteiger charge is -2.07. The fourth-order valence-corrected chi connectivity index (χ4v) is 1.52. The third-order valence-corrected chi connectivity index (χ3v) is 3.17. The highest BCUT2D eigenvalue weighted by molar-refractivity contribution is 5.90. The second-order valence-corrected chi connectivity index (χ2v) is 6.15. The lowest BCUT2D eigenvalue weighted by atomic mass is 10.1. The van der Waals surface area contributed by atoms with Gasteiger partial charge in [0, 0.05) is 25.2 Å². The van der Waals surface area contributed by atoms with E-state index in [9.17, 15) is 19.2 Å². The highest BCUT2D eigenvalue weighted by Crippen LogP contribution is 2.02. The Morgan fingerprint density at radius 1 is 0.773 bits per heavy atom. The van der Waals surface area contributed by atoms with Gasteiger partial charge in [-0.1, -0.05) is 27.7 Å². The number of nitrogens with one attached hydrogen (secondary N) is 2. The summed E-state index contributed by atoms with van der Waals surface area (Å²) in [5.41, 5.74) is 0. The molecule has 0 aromatic heterocycles. The van der Waals surface area contributed by atoms with Gasteiger partial charge in [0.2, 0.25) is 11.8 Å². The maximum atomic E-state index is 11.6. The van der Waals surface area contributed by atoms with Crippen molar-refractivity contribution >= 4 is 23.4 Å². The molecular formula is C16H28N2O4. The Hall–Kier alpha value is -1.72. The topological polar surface area (TPSA) is 92.3 Å². The van der Waals surface area contributed by atoms with Crippen molar-refractivity contribution < 1.29 is 19.2 Å². The summed E-state index contributed by atoms with van der Waals surface area (Å²) in [7, 11) is 0. The zero-order valence-corrected chi connectivity index (χ0v) is 14.0. The molecule has 0 saturated heterocycles. The Labute approximate surface area is 132 Å². The van der Waals surface area contributed by atoms with E-state index < -0.39 is 0 Å². The second kappa shape index (κ2) is 10.9. The molecule has 0 aromatic carbocycles. The van der Waals surface area contributed by atoms with Gasteiger partial charge in [-0.25, -0.2) is 0 Å². The van der Waals surface area contributed by atoms with Crippen LogP contribution in [-0.4, -0.2) is 36.5 Å². The molecule has 6 heteroatoms. The molecule has 22 heavy (non-hydrogen) atoms. The average Bonchev–Trinajstić information content (AvgIpc) is 2.45. The van der Waals surface area contributed by atoms with Gasteiger partial charge in [0.1, 0.15) is 0 Å². The van der Waals surface area contributed by atoms with Gasteiger partial charge in [0.05, 0.1) is 13.1 Å². The van der Waals surface area contributed by atoms with Gasteiger partial charge >= 0.3 is 0 Å². The normalized spacial score (nSPS) is 10.6. The van der Waals surface area contributed by atoms with Crippen molar-refractivity contribution in [1.29, 1.82) is 0 Å². The van der Waals surface area contributed by atoms with Crippen molar-refractivity contribution in [2.45, 2.75) is 53.4 Å². The number of Topliss-reactive ketones (excluding diaryl/α,β-unsaturated/α-hetero) is 2. The first-order valence-corrected chi connectivity index (χ1v) is 7.80. The van der Waals surface area contributed by atoms with Crippen LogP contribution in [0.3, 0.4) is 0 Å². The third-order valence-electron chi connectivity index (χ3n) is 3.17. The van der Waals surface area contributed by atoms with Crippen LogP contribution in [0.2, 0.25) is 0 Å². The quantitative estimate of drug-likeness (QED) is 0.600. The molecule has 2 amide bonds. The number of hydrogen-bond donors (Lipinski definition) is 2. The van der Waals surface area contributed by atoms with Crippen molar-refractivity contribution in [3.05, 3.63) is 0 Å². The number of amides is 2. The van der Waals surface area contributed by atoms with Gasteiger partial charge in [0.25, 0.3) is 0 Å². The standard InChI is InChI=1S/C16H28N2O4/c1-11(2)5-7-15(21)17-9-13(19)6-8-16(22)18-10-14(20)12(3)4/h11-12H,5-10H2,1-4H3,(H,17,21)(H,18,22). The van der Waals surface area contributed by atoms with Crippen molar-refractivity contribution in [2.24, 2.45) is 11.8 Å². The lowest BCUT2D eigenvalue weighted by molar-refractivity contribution is -0.128. The van der Waals surface area contributed by atoms with Crippen molar-refractivity contribution in [1.82, 2.24) is 10.6 Å².